The lowest BCUT2D eigenvalue weighted by atomic mass is 10.2. The van der Waals surface area contributed by atoms with Gasteiger partial charge in [-0.05, 0) is 37.5 Å². The number of nitrogens with two attached hydrogens (primary N) is 1. The molecule has 3 rings (SSSR count). The number of amides is 3. The number of carbonyl (C=O) groups excluding carboxylic acids is 2. The summed E-state index contributed by atoms with van der Waals surface area (Å²) < 4.78 is 5.60. The smallest absolute Gasteiger partial charge is 0.321 e. The summed E-state index contributed by atoms with van der Waals surface area (Å²) in [5.41, 5.74) is 6.99. The standard InChI is InChI=1S/C16H22N4O3.ClH/c17-10-13-5-6-14(23-13)15(21)19-11-3-1-4-12(9-11)20-8-2-7-18-16(20)22;/h1,3-4,9,13-14H,2,5-8,10,17H2,(H,18,22)(H,19,21);1H/t13-,14+;/m1./s1. The Labute approximate surface area is 147 Å². The zero-order chi connectivity index (χ0) is 16.2. The minimum atomic E-state index is -0.453. The van der Waals surface area contributed by atoms with Crippen LogP contribution in [0.1, 0.15) is 19.3 Å². The van der Waals surface area contributed by atoms with Crippen molar-refractivity contribution in [3.05, 3.63) is 24.3 Å². The van der Waals surface area contributed by atoms with Gasteiger partial charge >= 0.3 is 6.03 Å². The van der Waals surface area contributed by atoms with Gasteiger partial charge in [-0.1, -0.05) is 6.07 Å². The molecular weight excluding hydrogens is 332 g/mol. The third kappa shape index (κ3) is 4.17. The van der Waals surface area contributed by atoms with Crippen molar-refractivity contribution in [1.29, 1.82) is 0 Å². The van der Waals surface area contributed by atoms with Gasteiger partial charge in [0.2, 0.25) is 0 Å². The Balaban J connectivity index is 0.00000208. The summed E-state index contributed by atoms with van der Waals surface area (Å²) in [6.45, 7) is 1.81. The molecule has 0 spiro atoms. The van der Waals surface area contributed by atoms with Crippen LogP contribution in [-0.2, 0) is 9.53 Å². The Bertz CT molecular complexity index is 598. The molecule has 2 saturated heterocycles. The molecule has 2 heterocycles. The maximum absolute atomic E-state index is 12.3. The zero-order valence-corrected chi connectivity index (χ0v) is 14.2. The van der Waals surface area contributed by atoms with Crippen molar-refractivity contribution in [2.24, 2.45) is 5.73 Å². The largest absolute Gasteiger partial charge is 0.364 e. The molecule has 7 nitrogen and oxygen atoms in total. The van der Waals surface area contributed by atoms with Gasteiger partial charge in [-0.2, -0.15) is 0 Å². The van der Waals surface area contributed by atoms with Crippen LogP contribution in [0.2, 0.25) is 0 Å². The van der Waals surface area contributed by atoms with Gasteiger partial charge in [0.25, 0.3) is 5.91 Å². The molecule has 0 saturated carbocycles. The number of ether oxygens (including phenoxy) is 1. The first-order valence-electron chi connectivity index (χ1n) is 7.99. The van der Waals surface area contributed by atoms with Gasteiger partial charge < -0.3 is 21.1 Å². The summed E-state index contributed by atoms with van der Waals surface area (Å²) in [7, 11) is 0. The lowest BCUT2D eigenvalue weighted by Crippen LogP contribution is -2.46. The number of rotatable bonds is 4. The van der Waals surface area contributed by atoms with Crippen molar-refractivity contribution in [2.45, 2.75) is 31.5 Å². The van der Waals surface area contributed by atoms with Gasteiger partial charge in [0.15, 0.2) is 0 Å². The Morgan fingerprint density at radius 1 is 1.42 bits per heavy atom. The summed E-state index contributed by atoms with van der Waals surface area (Å²) in [4.78, 5) is 25.8. The highest BCUT2D eigenvalue weighted by Gasteiger charge is 2.30. The molecule has 1 aromatic carbocycles. The van der Waals surface area contributed by atoms with Crippen molar-refractivity contribution in [3.8, 4) is 0 Å². The molecule has 24 heavy (non-hydrogen) atoms. The number of hydrogen-bond donors (Lipinski definition) is 3. The number of anilines is 2. The molecule has 3 amide bonds. The number of carbonyl (C=O) groups is 2. The first kappa shape index (κ1) is 18.5. The fourth-order valence-electron chi connectivity index (χ4n) is 2.92. The predicted molar refractivity (Wildman–Crippen MR) is 94.6 cm³/mol. The molecule has 0 aliphatic carbocycles. The Kier molecular flexibility index (Phi) is 6.42. The van der Waals surface area contributed by atoms with Crippen LogP contribution in [0.15, 0.2) is 24.3 Å². The van der Waals surface area contributed by atoms with Crippen LogP contribution >= 0.6 is 12.4 Å². The van der Waals surface area contributed by atoms with Crippen LogP contribution in [0.25, 0.3) is 0 Å². The van der Waals surface area contributed by atoms with E-state index in [1.165, 1.54) is 0 Å². The third-order valence-electron chi connectivity index (χ3n) is 4.17. The second-order valence-corrected chi connectivity index (χ2v) is 5.84. The molecular formula is C16H23ClN4O3. The molecule has 0 unspecified atom stereocenters. The maximum Gasteiger partial charge on any atom is 0.321 e. The predicted octanol–water partition coefficient (Wildman–Crippen LogP) is 1.47. The molecule has 8 heteroatoms. The first-order valence-corrected chi connectivity index (χ1v) is 7.99. The summed E-state index contributed by atoms with van der Waals surface area (Å²) in [5, 5.41) is 5.67. The van der Waals surface area contributed by atoms with E-state index < -0.39 is 6.10 Å². The van der Waals surface area contributed by atoms with Crippen LogP contribution in [0.5, 0.6) is 0 Å². The minimum Gasteiger partial charge on any atom is -0.364 e. The zero-order valence-electron chi connectivity index (χ0n) is 13.4. The summed E-state index contributed by atoms with van der Waals surface area (Å²) in [6.07, 6.45) is 1.91. The van der Waals surface area contributed by atoms with E-state index in [1.807, 2.05) is 12.1 Å². The molecule has 2 atom stereocenters. The van der Waals surface area contributed by atoms with Crippen LogP contribution in [0, 0.1) is 0 Å². The number of nitrogens with one attached hydrogen (secondary N) is 2. The SMILES string of the molecule is Cl.NC[C@H]1CC[C@@H](C(=O)Nc2cccc(N3CCCNC3=O)c2)O1. The average molecular weight is 355 g/mol. The lowest BCUT2D eigenvalue weighted by molar-refractivity contribution is -0.126. The quantitative estimate of drug-likeness (QED) is 0.762. The monoisotopic (exact) mass is 354 g/mol. The second-order valence-electron chi connectivity index (χ2n) is 5.84. The van der Waals surface area contributed by atoms with Gasteiger partial charge in [-0.15, -0.1) is 12.4 Å². The number of urea groups is 1. The highest BCUT2D eigenvalue weighted by atomic mass is 35.5. The van der Waals surface area contributed by atoms with E-state index in [0.29, 0.717) is 31.7 Å². The van der Waals surface area contributed by atoms with Crippen LogP contribution in [-0.4, -0.2) is 43.8 Å². The van der Waals surface area contributed by atoms with Crippen molar-refractivity contribution >= 4 is 35.7 Å². The van der Waals surface area contributed by atoms with E-state index >= 15 is 0 Å². The van der Waals surface area contributed by atoms with Gasteiger partial charge in [0, 0.05) is 31.0 Å². The van der Waals surface area contributed by atoms with Crippen molar-refractivity contribution in [1.82, 2.24) is 5.32 Å². The van der Waals surface area contributed by atoms with Crippen LogP contribution < -0.4 is 21.3 Å². The van der Waals surface area contributed by atoms with Gasteiger partial charge in [-0.3, -0.25) is 9.69 Å². The molecule has 2 aliphatic rings. The van der Waals surface area contributed by atoms with Crippen molar-refractivity contribution in [3.63, 3.8) is 0 Å². The average Bonchev–Trinajstić information content (AvgIpc) is 3.05. The summed E-state index contributed by atoms with van der Waals surface area (Å²) in [6, 6.07) is 7.18. The van der Waals surface area contributed by atoms with E-state index in [1.54, 1.807) is 17.0 Å². The number of halogens is 1. The molecule has 4 N–H and O–H groups in total. The molecule has 0 bridgehead atoms. The van der Waals surface area contributed by atoms with E-state index in [9.17, 15) is 9.59 Å². The number of hydrogen-bond acceptors (Lipinski definition) is 4. The van der Waals surface area contributed by atoms with Crippen LogP contribution in [0.4, 0.5) is 16.2 Å². The normalized spacial score (nSPS) is 23.4. The van der Waals surface area contributed by atoms with Gasteiger partial charge in [0.1, 0.15) is 6.10 Å². The molecule has 1 aromatic rings. The fraction of sp³-hybridized carbons (Fsp3) is 0.500. The van der Waals surface area contributed by atoms with Gasteiger partial charge in [0.05, 0.1) is 6.10 Å². The highest BCUT2D eigenvalue weighted by Crippen LogP contribution is 2.23. The second kappa shape index (κ2) is 8.32. The summed E-state index contributed by atoms with van der Waals surface area (Å²) >= 11 is 0. The lowest BCUT2D eigenvalue weighted by Gasteiger charge is -2.27. The van der Waals surface area contributed by atoms with E-state index in [-0.39, 0.29) is 30.4 Å². The Hall–Kier alpha value is -1.83. The topological polar surface area (TPSA) is 96.7 Å². The molecule has 132 valence electrons. The Morgan fingerprint density at radius 3 is 2.96 bits per heavy atom. The summed E-state index contributed by atoms with van der Waals surface area (Å²) in [5.74, 6) is -0.166. The molecule has 2 fully saturated rings. The minimum absolute atomic E-state index is 0. The third-order valence-corrected chi connectivity index (χ3v) is 4.17. The van der Waals surface area contributed by atoms with Crippen molar-refractivity contribution < 1.29 is 14.3 Å². The fourth-order valence-corrected chi connectivity index (χ4v) is 2.92. The Morgan fingerprint density at radius 2 is 2.25 bits per heavy atom. The number of nitrogens with zero attached hydrogens (tertiary/aromatic N) is 1. The molecule has 0 radical (unpaired) electrons. The highest BCUT2D eigenvalue weighted by molar-refractivity contribution is 5.96. The first-order chi connectivity index (χ1) is 11.2. The molecule has 2 aliphatic heterocycles. The van der Waals surface area contributed by atoms with E-state index in [4.69, 9.17) is 10.5 Å². The maximum atomic E-state index is 12.3. The van der Waals surface area contributed by atoms with E-state index in [0.717, 1.165) is 18.5 Å². The van der Waals surface area contributed by atoms with E-state index in [2.05, 4.69) is 10.6 Å². The molecule has 0 aromatic heterocycles. The van der Waals surface area contributed by atoms with Gasteiger partial charge in [-0.25, -0.2) is 4.79 Å². The van der Waals surface area contributed by atoms with Crippen LogP contribution in [0.3, 0.4) is 0 Å². The van der Waals surface area contributed by atoms with Crippen molar-refractivity contribution in [2.75, 3.05) is 29.9 Å². The number of benzene rings is 1.